The molecule has 0 unspecified atom stereocenters. The number of aromatic nitrogens is 2. The molecule has 27 heavy (non-hydrogen) atoms. The van der Waals surface area contributed by atoms with Crippen molar-refractivity contribution in [3.8, 4) is 11.3 Å². The molecule has 4 rings (SSSR count). The molecule has 3 aromatic carbocycles. The second kappa shape index (κ2) is 7.05. The van der Waals surface area contributed by atoms with Gasteiger partial charge in [0.15, 0.2) is 0 Å². The highest BCUT2D eigenvalue weighted by Crippen LogP contribution is 2.39. The lowest BCUT2D eigenvalue weighted by Gasteiger charge is -2.08. The Morgan fingerprint density at radius 2 is 1.67 bits per heavy atom. The van der Waals surface area contributed by atoms with E-state index in [1.54, 1.807) is 18.3 Å². The Kier molecular flexibility index (Phi) is 4.43. The second-order valence-corrected chi connectivity index (χ2v) is 6.91. The Morgan fingerprint density at radius 1 is 0.926 bits per heavy atom. The van der Waals surface area contributed by atoms with E-state index in [2.05, 4.69) is 9.97 Å². The van der Waals surface area contributed by atoms with Crippen LogP contribution in [0.15, 0.2) is 82.7 Å². The molecule has 0 aliphatic carbocycles. The summed E-state index contributed by atoms with van der Waals surface area (Å²) in [5.74, 6) is 0. The molecule has 1 aromatic heterocycles. The first-order chi connectivity index (χ1) is 13.1. The Bertz CT molecular complexity index is 1160. The minimum atomic E-state index is -0.389. The van der Waals surface area contributed by atoms with Crippen LogP contribution in [0.5, 0.6) is 0 Å². The van der Waals surface area contributed by atoms with E-state index in [-0.39, 0.29) is 10.6 Å². The van der Waals surface area contributed by atoms with E-state index >= 15 is 0 Å². The molecule has 132 valence electrons. The summed E-state index contributed by atoms with van der Waals surface area (Å²) < 4.78 is 0. The Hall–Kier alpha value is -3.45. The number of hydrogen-bond acceptors (Lipinski definition) is 6. The Balaban J connectivity index is 1.76. The van der Waals surface area contributed by atoms with E-state index in [1.807, 2.05) is 48.5 Å². The highest BCUT2D eigenvalue weighted by Gasteiger charge is 2.18. The van der Waals surface area contributed by atoms with Crippen molar-refractivity contribution in [1.82, 2.24) is 9.97 Å². The third-order valence-electron chi connectivity index (χ3n) is 4.04. The van der Waals surface area contributed by atoms with Crippen molar-refractivity contribution < 1.29 is 4.92 Å². The number of para-hydroxylation sites is 3. The van der Waals surface area contributed by atoms with Crippen LogP contribution in [0, 0.1) is 10.1 Å². The maximum absolute atomic E-state index is 11.6. The lowest BCUT2D eigenvalue weighted by molar-refractivity contribution is -0.387. The summed E-state index contributed by atoms with van der Waals surface area (Å²) in [5, 5.41) is 11.6. The fraction of sp³-hybridized carbons (Fsp3) is 0. The predicted molar refractivity (Wildman–Crippen MR) is 107 cm³/mol. The van der Waals surface area contributed by atoms with E-state index in [4.69, 9.17) is 5.73 Å². The molecule has 7 heteroatoms. The van der Waals surface area contributed by atoms with Crippen LogP contribution in [0.3, 0.4) is 0 Å². The quantitative estimate of drug-likeness (QED) is 0.309. The molecule has 0 aliphatic heterocycles. The number of nitrogens with zero attached hydrogens (tertiary/aromatic N) is 3. The zero-order valence-corrected chi connectivity index (χ0v) is 14.9. The topological polar surface area (TPSA) is 94.9 Å². The molecule has 1 heterocycles. The van der Waals surface area contributed by atoms with Crippen molar-refractivity contribution >= 4 is 34.2 Å². The number of rotatable bonds is 4. The van der Waals surface area contributed by atoms with Gasteiger partial charge in [-0.1, -0.05) is 42.1 Å². The fourth-order valence-corrected chi connectivity index (χ4v) is 3.64. The number of nitro benzene ring substituents is 1. The number of hydrogen-bond donors (Lipinski definition) is 1. The van der Waals surface area contributed by atoms with Crippen LogP contribution in [0.1, 0.15) is 0 Å². The summed E-state index contributed by atoms with van der Waals surface area (Å²) in [6, 6.07) is 19.9. The van der Waals surface area contributed by atoms with Gasteiger partial charge >= 0.3 is 0 Å². The SMILES string of the molecule is Nc1ccccc1Sc1ccc(-c2cnc3ccccc3n2)cc1[N+](=O)[O-]. The molecule has 2 N–H and O–H groups in total. The van der Waals surface area contributed by atoms with E-state index < -0.39 is 0 Å². The number of nitrogens with two attached hydrogens (primary N) is 1. The first-order valence-corrected chi connectivity index (χ1v) is 8.96. The predicted octanol–water partition coefficient (Wildman–Crippen LogP) is 4.94. The zero-order valence-electron chi connectivity index (χ0n) is 14.1. The van der Waals surface area contributed by atoms with Crippen LogP contribution in [-0.2, 0) is 0 Å². The van der Waals surface area contributed by atoms with Crippen LogP contribution in [0.4, 0.5) is 11.4 Å². The number of benzene rings is 3. The van der Waals surface area contributed by atoms with Crippen LogP contribution in [-0.4, -0.2) is 14.9 Å². The van der Waals surface area contributed by atoms with Crippen LogP contribution in [0.2, 0.25) is 0 Å². The molecule has 0 saturated heterocycles. The molecule has 6 nitrogen and oxygen atoms in total. The van der Waals surface area contributed by atoms with Crippen molar-refractivity contribution in [2.24, 2.45) is 0 Å². The zero-order chi connectivity index (χ0) is 18.8. The van der Waals surface area contributed by atoms with Gasteiger partial charge in [0.25, 0.3) is 5.69 Å². The van der Waals surface area contributed by atoms with E-state index in [0.29, 0.717) is 21.8 Å². The molecule has 0 spiro atoms. The lowest BCUT2D eigenvalue weighted by atomic mass is 10.1. The smallest absolute Gasteiger partial charge is 0.283 e. The molecular weight excluding hydrogens is 360 g/mol. The minimum Gasteiger partial charge on any atom is -0.398 e. The Labute approximate surface area is 159 Å². The molecule has 0 fully saturated rings. The minimum absolute atomic E-state index is 0.00992. The third kappa shape index (κ3) is 3.45. The van der Waals surface area contributed by atoms with Gasteiger partial charge in [0, 0.05) is 22.2 Å². The number of anilines is 1. The molecule has 0 aliphatic rings. The van der Waals surface area contributed by atoms with Gasteiger partial charge in [-0.2, -0.15) is 0 Å². The number of fused-ring (bicyclic) bond motifs is 1. The second-order valence-electron chi connectivity index (χ2n) is 5.82. The largest absolute Gasteiger partial charge is 0.398 e. The van der Waals surface area contributed by atoms with Gasteiger partial charge in [-0.05, 0) is 30.3 Å². The lowest BCUT2D eigenvalue weighted by Crippen LogP contribution is -1.94. The summed E-state index contributed by atoms with van der Waals surface area (Å²) in [6.07, 6.45) is 1.63. The molecule has 0 saturated carbocycles. The van der Waals surface area contributed by atoms with Gasteiger partial charge in [-0.25, -0.2) is 4.98 Å². The third-order valence-corrected chi connectivity index (χ3v) is 5.20. The summed E-state index contributed by atoms with van der Waals surface area (Å²) in [7, 11) is 0. The number of nitrogen functional groups attached to an aromatic ring is 1. The maximum Gasteiger partial charge on any atom is 0.283 e. The van der Waals surface area contributed by atoms with E-state index in [0.717, 1.165) is 15.9 Å². The molecule has 0 bridgehead atoms. The molecule has 0 amide bonds. The summed E-state index contributed by atoms with van der Waals surface area (Å²) in [5.41, 5.74) is 9.31. The van der Waals surface area contributed by atoms with Gasteiger partial charge in [0.2, 0.25) is 0 Å². The molecular formula is C20H14N4O2S. The Morgan fingerprint density at radius 3 is 2.44 bits per heavy atom. The monoisotopic (exact) mass is 374 g/mol. The summed E-state index contributed by atoms with van der Waals surface area (Å²) in [6.45, 7) is 0. The van der Waals surface area contributed by atoms with Crippen molar-refractivity contribution in [3.63, 3.8) is 0 Å². The van der Waals surface area contributed by atoms with Crippen molar-refractivity contribution in [1.29, 1.82) is 0 Å². The van der Waals surface area contributed by atoms with E-state index in [1.165, 1.54) is 17.8 Å². The molecule has 4 aromatic rings. The van der Waals surface area contributed by atoms with Crippen molar-refractivity contribution in [2.45, 2.75) is 9.79 Å². The normalized spacial score (nSPS) is 10.8. The standard InChI is InChI=1S/C20H14N4O2S/c21-14-5-1-4-8-19(14)27-20-10-9-13(11-18(20)24(25)26)17-12-22-15-6-2-3-7-16(15)23-17/h1-12H,21H2. The van der Waals surface area contributed by atoms with Gasteiger partial charge < -0.3 is 5.73 Å². The molecule has 0 radical (unpaired) electrons. The molecule has 0 atom stereocenters. The number of nitro groups is 1. The first-order valence-electron chi connectivity index (χ1n) is 8.15. The highest BCUT2D eigenvalue weighted by molar-refractivity contribution is 7.99. The fourth-order valence-electron chi connectivity index (χ4n) is 2.69. The van der Waals surface area contributed by atoms with Crippen LogP contribution >= 0.6 is 11.8 Å². The van der Waals surface area contributed by atoms with Crippen LogP contribution < -0.4 is 5.73 Å². The van der Waals surface area contributed by atoms with Gasteiger partial charge in [0.05, 0.1) is 32.7 Å². The van der Waals surface area contributed by atoms with Crippen molar-refractivity contribution in [2.75, 3.05) is 5.73 Å². The maximum atomic E-state index is 11.6. The highest BCUT2D eigenvalue weighted by atomic mass is 32.2. The van der Waals surface area contributed by atoms with Crippen LogP contribution in [0.25, 0.3) is 22.3 Å². The first kappa shape index (κ1) is 17.0. The van der Waals surface area contributed by atoms with Gasteiger partial charge in [-0.3, -0.25) is 15.1 Å². The summed E-state index contributed by atoms with van der Waals surface area (Å²) in [4.78, 5) is 21.5. The summed E-state index contributed by atoms with van der Waals surface area (Å²) >= 11 is 1.27. The average molecular weight is 374 g/mol. The average Bonchev–Trinajstić information content (AvgIpc) is 2.69. The van der Waals surface area contributed by atoms with Gasteiger partial charge in [0.1, 0.15) is 0 Å². The van der Waals surface area contributed by atoms with Crippen molar-refractivity contribution in [3.05, 3.63) is 83.0 Å². The van der Waals surface area contributed by atoms with E-state index in [9.17, 15) is 10.1 Å². The van der Waals surface area contributed by atoms with Gasteiger partial charge in [-0.15, -0.1) is 0 Å².